The molecule has 1 aromatic heterocycles. The molecule has 0 N–H and O–H groups in total. The molecule has 162 valence electrons. The summed E-state index contributed by atoms with van der Waals surface area (Å²) in [7, 11) is 0. The summed E-state index contributed by atoms with van der Waals surface area (Å²) in [5, 5.41) is 0.908. The highest BCUT2D eigenvalue weighted by molar-refractivity contribution is 7.12. The van der Waals surface area contributed by atoms with E-state index in [1.165, 1.54) is 23.5 Å². The van der Waals surface area contributed by atoms with Crippen LogP contribution >= 0.6 is 11.3 Å². The van der Waals surface area contributed by atoms with Gasteiger partial charge in [0, 0.05) is 43.2 Å². The van der Waals surface area contributed by atoms with E-state index in [2.05, 4.69) is 9.88 Å². The quantitative estimate of drug-likeness (QED) is 0.558. The number of benzene rings is 2. The molecule has 3 aromatic rings. The second-order valence-corrected chi connectivity index (χ2v) is 8.86. The Bertz CT molecular complexity index is 999. The second kappa shape index (κ2) is 10.0. The van der Waals surface area contributed by atoms with Crippen LogP contribution < -0.4 is 4.74 Å². The number of rotatable bonds is 7. The van der Waals surface area contributed by atoms with E-state index in [0.717, 1.165) is 46.5 Å². The molecule has 0 saturated carbocycles. The van der Waals surface area contributed by atoms with E-state index >= 15 is 0 Å². The van der Waals surface area contributed by atoms with Gasteiger partial charge in [-0.25, -0.2) is 9.37 Å². The number of ether oxygens (including phenoxy) is 1. The van der Waals surface area contributed by atoms with Crippen LogP contribution in [0.2, 0.25) is 0 Å². The van der Waals surface area contributed by atoms with E-state index in [4.69, 9.17) is 4.74 Å². The van der Waals surface area contributed by atoms with Crippen LogP contribution in [0.15, 0.2) is 54.6 Å². The predicted octanol–water partition coefficient (Wildman–Crippen LogP) is 4.02. The molecule has 7 heteroatoms. The summed E-state index contributed by atoms with van der Waals surface area (Å²) in [6.07, 6.45) is 0.329. The number of nitrogens with zero attached hydrogens (tertiary/aromatic N) is 3. The molecule has 1 fully saturated rings. The fourth-order valence-electron chi connectivity index (χ4n) is 3.70. The highest BCUT2D eigenvalue weighted by Crippen LogP contribution is 2.29. The number of carbonyl (C=O) groups excluding carboxylic acids is 1. The van der Waals surface area contributed by atoms with Gasteiger partial charge < -0.3 is 9.64 Å². The summed E-state index contributed by atoms with van der Waals surface area (Å²) in [4.78, 5) is 22.7. The standard InChI is InChI=1S/C24H26FN3O2S/c1-18-26-24(19-7-9-20(25)10-8-19)22(31-18)17-23(29)28-13-11-27(12-14-28)15-16-30-21-5-3-2-4-6-21/h2-10H,11-17H2,1H3. The lowest BCUT2D eigenvalue weighted by atomic mass is 10.1. The summed E-state index contributed by atoms with van der Waals surface area (Å²) in [6.45, 7) is 6.54. The maximum Gasteiger partial charge on any atom is 0.227 e. The van der Waals surface area contributed by atoms with Gasteiger partial charge in [0.05, 0.1) is 17.1 Å². The van der Waals surface area contributed by atoms with E-state index in [1.54, 1.807) is 12.1 Å². The fraction of sp³-hybridized carbons (Fsp3) is 0.333. The Morgan fingerprint density at radius 1 is 1.06 bits per heavy atom. The smallest absolute Gasteiger partial charge is 0.227 e. The lowest BCUT2D eigenvalue weighted by molar-refractivity contribution is -0.132. The fourth-order valence-corrected chi connectivity index (χ4v) is 4.65. The average Bonchev–Trinajstić information content (AvgIpc) is 3.15. The molecule has 0 aliphatic carbocycles. The van der Waals surface area contributed by atoms with Crippen molar-refractivity contribution >= 4 is 17.2 Å². The molecule has 31 heavy (non-hydrogen) atoms. The molecular weight excluding hydrogens is 413 g/mol. The zero-order chi connectivity index (χ0) is 21.6. The van der Waals surface area contributed by atoms with Gasteiger partial charge in [0.1, 0.15) is 18.2 Å². The van der Waals surface area contributed by atoms with Crippen LogP contribution in [0.1, 0.15) is 9.88 Å². The van der Waals surface area contributed by atoms with Gasteiger partial charge in [0.15, 0.2) is 0 Å². The van der Waals surface area contributed by atoms with E-state index < -0.39 is 0 Å². The number of amides is 1. The Morgan fingerprint density at radius 3 is 2.48 bits per heavy atom. The number of carbonyl (C=O) groups is 1. The van der Waals surface area contributed by atoms with Crippen LogP contribution in [-0.2, 0) is 11.2 Å². The highest BCUT2D eigenvalue weighted by atomic mass is 32.1. The highest BCUT2D eigenvalue weighted by Gasteiger charge is 2.23. The molecule has 1 saturated heterocycles. The second-order valence-electron chi connectivity index (χ2n) is 7.57. The molecule has 1 amide bonds. The van der Waals surface area contributed by atoms with Gasteiger partial charge >= 0.3 is 0 Å². The van der Waals surface area contributed by atoms with Crippen LogP contribution in [-0.4, -0.2) is 60.0 Å². The Kier molecular flexibility index (Phi) is 6.94. The number of aromatic nitrogens is 1. The maximum atomic E-state index is 13.3. The van der Waals surface area contributed by atoms with E-state index in [-0.39, 0.29) is 11.7 Å². The Hall–Kier alpha value is -2.77. The van der Waals surface area contributed by atoms with Crippen LogP contribution in [0.4, 0.5) is 4.39 Å². The van der Waals surface area contributed by atoms with Crippen molar-refractivity contribution in [3.8, 4) is 17.0 Å². The topological polar surface area (TPSA) is 45.7 Å². The first-order valence-corrected chi connectivity index (χ1v) is 11.3. The molecule has 1 aliphatic rings. The summed E-state index contributed by atoms with van der Waals surface area (Å²) in [5.74, 6) is 0.723. The van der Waals surface area contributed by atoms with Gasteiger partial charge in [-0.15, -0.1) is 11.3 Å². The molecule has 0 unspecified atom stereocenters. The largest absolute Gasteiger partial charge is 0.492 e. The average molecular weight is 440 g/mol. The van der Waals surface area contributed by atoms with Gasteiger partial charge in [-0.05, 0) is 43.3 Å². The van der Waals surface area contributed by atoms with Gasteiger partial charge in [-0.1, -0.05) is 18.2 Å². The zero-order valence-electron chi connectivity index (χ0n) is 17.6. The molecule has 2 aromatic carbocycles. The number of hydrogen-bond acceptors (Lipinski definition) is 5. The minimum atomic E-state index is -0.277. The van der Waals surface area contributed by atoms with Gasteiger partial charge in [-0.2, -0.15) is 0 Å². The molecule has 1 aliphatic heterocycles. The molecule has 0 bridgehead atoms. The Balaban J connectivity index is 1.28. The molecule has 0 spiro atoms. The Morgan fingerprint density at radius 2 is 1.77 bits per heavy atom. The van der Waals surface area contributed by atoms with Gasteiger partial charge in [0.25, 0.3) is 0 Å². The van der Waals surface area contributed by atoms with Gasteiger partial charge in [-0.3, -0.25) is 9.69 Å². The van der Waals surface area contributed by atoms with Crippen molar-refractivity contribution in [2.24, 2.45) is 0 Å². The van der Waals surface area contributed by atoms with Crippen molar-refractivity contribution in [1.29, 1.82) is 0 Å². The van der Waals surface area contributed by atoms with E-state index in [0.29, 0.717) is 26.1 Å². The first kappa shape index (κ1) is 21.5. The van der Waals surface area contributed by atoms with Crippen molar-refractivity contribution in [3.63, 3.8) is 0 Å². The van der Waals surface area contributed by atoms with E-state index in [1.807, 2.05) is 42.2 Å². The summed E-state index contributed by atoms with van der Waals surface area (Å²) in [5.41, 5.74) is 1.63. The number of para-hydroxylation sites is 1. The van der Waals surface area contributed by atoms with Crippen molar-refractivity contribution in [2.45, 2.75) is 13.3 Å². The van der Waals surface area contributed by atoms with Crippen molar-refractivity contribution < 1.29 is 13.9 Å². The third-order valence-electron chi connectivity index (χ3n) is 5.38. The number of halogens is 1. The molecule has 0 atom stereocenters. The summed E-state index contributed by atoms with van der Waals surface area (Å²) < 4.78 is 19.0. The van der Waals surface area contributed by atoms with Crippen LogP contribution in [0.25, 0.3) is 11.3 Å². The third-order valence-corrected chi connectivity index (χ3v) is 6.35. The minimum absolute atomic E-state index is 0.118. The van der Waals surface area contributed by atoms with Gasteiger partial charge in [0.2, 0.25) is 5.91 Å². The normalized spacial score (nSPS) is 14.6. The number of piperazine rings is 1. The maximum absolute atomic E-state index is 13.3. The minimum Gasteiger partial charge on any atom is -0.492 e. The van der Waals surface area contributed by atoms with E-state index in [9.17, 15) is 9.18 Å². The molecule has 2 heterocycles. The molecular formula is C24H26FN3O2S. The number of hydrogen-bond donors (Lipinski definition) is 0. The van der Waals surface area contributed by atoms with Crippen LogP contribution in [0.3, 0.4) is 0 Å². The van der Waals surface area contributed by atoms with Crippen LogP contribution in [0.5, 0.6) is 5.75 Å². The first-order chi connectivity index (χ1) is 15.1. The molecule has 4 rings (SSSR count). The summed E-state index contributed by atoms with van der Waals surface area (Å²) in [6, 6.07) is 16.1. The Labute approximate surface area is 186 Å². The predicted molar refractivity (Wildman–Crippen MR) is 121 cm³/mol. The lowest BCUT2D eigenvalue weighted by Gasteiger charge is -2.34. The lowest BCUT2D eigenvalue weighted by Crippen LogP contribution is -2.49. The monoisotopic (exact) mass is 439 g/mol. The van der Waals surface area contributed by atoms with Crippen LogP contribution in [0, 0.1) is 12.7 Å². The van der Waals surface area contributed by atoms with Crippen molar-refractivity contribution in [3.05, 3.63) is 70.3 Å². The third kappa shape index (κ3) is 5.68. The number of aryl methyl sites for hydroxylation is 1. The van der Waals surface area contributed by atoms with Crippen molar-refractivity contribution in [1.82, 2.24) is 14.8 Å². The first-order valence-electron chi connectivity index (χ1n) is 10.5. The molecule has 0 radical (unpaired) electrons. The summed E-state index contributed by atoms with van der Waals surface area (Å²) >= 11 is 1.54. The number of thiazole rings is 1. The zero-order valence-corrected chi connectivity index (χ0v) is 18.4. The SMILES string of the molecule is Cc1nc(-c2ccc(F)cc2)c(CC(=O)N2CCN(CCOc3ccccc3)CC2)s1. The van der Waals surface area contributed by atoms with Crippen molar-refractivity contribution in [2.75, 3.05) is 39.3 Å². The molecule has 5 nitrogen and oxygen atoms in total.